The molecule has 0 bridgehead atoms. The summed E-state index contributed by atoms with van der Waals surface area (Å²) in [7, 11) is 0. The van der Waals surface area contributed by atoms with Crippen LogP contribution < -0.4 is 9.80 Å². The van der Waals surface area contributed by atoms with Crippen molar-refractivity contribution in [2.75, 3.05) is 9.80 Å². The molecule has 49 heavy (non-hydrogen) atoms. The largest absolute Gasteiger partial charge is 0.310 e. The first-order chi connectivity index (χ1) is 23.8. The van der Waals surface area contributed by atoms with E-state index in [0.717, 1.165) is 29.2 Å². The van der Waals surface area contributed by atoms with Crippen LogP contribution in [-0.4, -0.2) is 0 Å². The van der Waals surface area contributed by atoms with E-state index in [0.29, 0.717) is 0 Å². The Labute approximate surface area is 290 Å². The third-order valence-electron chi connectivity index (χ3n) is 10.2. The fraction of sp³-hybridized carbons (Fsp3) is 0.149. The van der Waals surface area contributed by atoms with Crippen molar-refractivity contribution in [1.29, 1.82) is 0 Å². The van der Waals surface area contributed by atoms with Crippen LogP contribution in [0.3, 0.4) is 0 Å². The van der Waals surface area contributed by atoms with Crippen molar-refractivity contribution < 1.29 is 0 Å². The third kappa shape index (κ3) is 5.68. The maximum absolute atomic E-state index is 2.43. The van der Waals surface area contributed by atoms with Crippen molar-refractivity contribution in [2.24, 2.45) is 0 Å². The molecule has 8 rings (SSSR count). The van der Waals surface area contributed by atoms with Crippen molar-refractivity contribution in [1.82, 2.24) is 0 Å². The lowest BCUT2D eigenvalue weighted by Crippen LogP contribution is -2.18. The van der Waals surface area contributed by atoms with Gasteiger partial charge in [-0.15, -0.1) is 0 Å². The summed E-state index contributed by atoms with van der Waals surface area (Å²) in [5, 5.41) is 2.46. The van der Waals surface area contributed by atoms with E-state index in [2.05, 4.69) is 207 Å². The number of nitrogens with zero attached hydrogens (tertiary/aromatic N) is 2. The van der Waals surface area contributed by atoms with Gasteiger partial charge in [0.25, 0.3) is 0 Å². The fourth-order valence-corrected chi connectivity index (χ4v) is 8.15. The lowest BCUT2D eigenvalue weighted by Gasteiger charge is -2.28. The Kier molecular flexibility index (Phi) is 7.60. The third-order valence-corrected chi connectivity index (χ3v) is 10.2. The minimum absolute atomic E-state index is 0.136. The first-order valence-electron chi connectivity index (χ1n) is 17.3. The molecule has 1 aliphatic carbocycles. The molecule has 0 saturated carbocycles. The summed E-state index contributed by atoms with van der Waals surface area (Å²) in [6.07, 6.45) is 1.16. The average molecular weight is 635 g/mol. The predicted octanol–water partition coefficient (Wildman–Crippen LogP) is 13.4. The Bertz CT molecular complexity index is 2230. The number of anilines is 6. The molecule has 0 saturated heterocycles. The van der Waals surface area contributed by atoms with Crippen LogP contribution in [0.1, 0.15) is 45.2 Å². The molecule has 0 spiro atoms. The fourth-order valence-electron chi connectivity index (χ4n) is 8.15. The molecule has 7 aromatic carbocycles. The van der Waals surface area contributed by atoms with Crippen molar-refractivity contribution in [3.8, 4) is 11.1 Å². The van der Waals surface area contributed by atoms with Crippen LogP contribution in [0, 0.1) is 0 Å². The van der Waals surface area contributed by atoms with E-state index in [4.69, 9.17) is 0 Å². The topological polar surface area (TPSA) is 6.48 Å². The smallest absolute Gasteiger partial charge is 0.0540 e. The van der Waals surface area contributed by atoms with Gasteiger partial charge in [0.1, 0.15) is 0 Å². The number of para-hydroxylation sites is 2. The summed E-state index contributed by atoms with van der Waals surface area (Å²) in [6.45, 7) is 9.53. The molecule has 7 aromatic rings. The van der Waals surface area contributed by atoms with E-state index in [9.17, 15) is 0 Å². The highest BCUT2D eigenvalue weighted by molar-refractivity contribution is 5.99. The minimum Gasteiger partial charge on any atom is -0.310 e. The molecule has 0 atom stereocenters. The molecule has 0 heterocycles. The molecule has 2 heteroatoms. The van der Waals surface area contributed by atoms with E-state index in [-0.39, 0.29) is 10.8 Å². The first kappa shape index (κ1) is 30.7. The van der Waals surface area contributed by atoms with Gasteiger partial charge in [0, 0.05) is 33.8 Å². The molecule has 0 aromatic heterocycles. The quantitative estimate of drug-likeness (QED) is 0.172. The number of fused-ring (bicyclic) bond motifs is 2. The standard InChI is InChI=1S/C47H42N2/c1-46(2)33-47(3,4)44-32-41(30-31-43(44)46)48(37-16-7-5-8-17-37)39-26-22-34(23-27-39)35-24-28-40(29-25-35)49(38-18-9-6-10-19-38)45-21-13-15-36-14-11-12-20-42(36)45/h5-32H,33H2,1-4H3. The second kappa shape index (κ2) is 12.1. The maximum atomic E-state index is 2.43. The average Bonchev–Trinajstić information content (AvgIpc) is 3.32. The van der Waals surface area contributed by atoms with Gasteiger partial charge >= 0.3 is 0 Å². The van der Waals surface area contributed by atoms with Crippen LogP contribution in [0.4, 0.5) is 34.1 Å². The summed E-state index contributed by atoms with van der Waals surface area (Å²) >= 11 is 0. The molecule has 2 nitrogen and oxygen atoms in total. The maximum Gasteiger partial charge on any atom is 0.0540 e. The Morgan fingerprint density at radius 3 is 1.49 bits per heavy atom. The Morgan fingerprint density at radius 2 is 0.857 bits per heavy atom. The zero-order chi connectivity index (χ0) is 33.6. The summed E-state index contributed by atoms with van der Waals surface area (Å²) < 4.78 is 0. The highest BCUT2D eigenvalue weighted by Gasteiger charge is 2.42. The zero-order valence-electron chi connectivity index (χ0n) is 28.8. The summed E-state index contributed by atoms with van der Waals surface area (Å²) in [5.74, 6) is 0. The van der Waals surface area contributed by atoms with Gasteiger partial charge in [0.2, 0.25) is 0 Å². The van der Waals surface area contributed by atoms with Gasteiger partial charge in [-0.3, -0.25) is 0 Å². The van der Waals surface area contributed by atoms with Gasteiger partial charge in [0.05, 0.1) is 5.69 Å². The van der Waals surface area contributed by atoms with Crippen LogP contribution in [0.2, 0.25) is 0 Å². The zero-order valence-corrected chi connectivity index (χ0v) is 28.8. The van der Waals surface area contributed by atoms with Crippen LogP contribution in [-0.2, 0) is 10.8 Å². The van der Waals surface area contributed by atoms with E-state index >= 15 is 0 Å². The molecule has 0 aliphatic heterocycles. The van der Waals surface area contributed by atoms with Gasteiger partial charge in [-0.25, -0.2) is 0 Å². The second-order valence-corrected chi connectivity index (χ2v) is 14.6. The Balaban J connectivity index is 1.14. The van der Waals surface area contributed by atoms with Crippen LogP contribution >= 0.6 is 0 Å². The van der Waals surface area contributed by atoms with E-state index < -0.39 is 0 Å². The number of hydrogen-bond acceptors (Lipinski definition) is 2. The van der Waals surface area contributed by atoms with Crippen molar-refractivity contribution in [3.05, 3.63) is 181 Å². The Morgan fingerprint density at radius 1 is 0.388 bits per heavy atom. The molecule has 0 N–H and O–H groups in total. The molecule has 0 fully saturated rings. The molecule has 0 radical (unpaired) electrons. The van der Waals surface area contributed by atoms with Crippen LogP contribution in [0.5, 0.6) is 0 Å². The Hall–Kier alpha value is -5.60. The van der Waals surface area contributed by atoms with Gasteiger partial charge in [-0.05, 0) is 112 Å². The number of hydrogen-bond donors (Lipinski definition) is 0. The molecule has 240 valence electrons. The van der Waals surface area contributed by atoms with Gasteiger partial charge < -0.3 is 9.80 Å². The normalized spacial score (nSPS) is 14.4. The van der Waals surface area contributed by atoms with Crippen molar-refractivity contribution >= 4 is 44.9 Å². The molecular formula is C47H42N2. The predicted molar refractivity (Wildman–Crippen MR) is 209 cm³/mol. The van der Waals surface area contributed by atoms with Crippen molar-refractivity contribution in [2.45, 2.75) is 44.9 Å². The van der Waals surface area contributed by atoms with E-state index in [1.165, 1.54) is 44.4 Å². The van der Waals surface area contributed by atoms with E-state index in [1.807, 2.05) is 0 Å². The van der Waals surface area contributed by atoms with Crippen molar-refractivity contribution in [3.63, 3.8) is 0 Å². The number of benzene rings is 7. The minimum atomic E-state index is 0.136. The van der Waals surface area contributed by atoms with Gasteiger partial charge in [-0.2, -0.15) is 0 Å². The molecular weight excluding hydrogens is 593 g/mol. The van der Waals surface area contributed by atoms with Gasteiger partial charge in [0.15, 0.2) is 0 Å². The highest BCUT2D eigenvalue weighted by Crippen LogP contribution is 2.51. The first-order valence-corrected chi connectivity index (χ1v) is 17.3. The lowest BCUT2D eigenvalue weighted by atomic mass is 9.82. The molecule has 0 unspecified atom stereocenters. The SMILES string of the molecule is CC1(C)CC(C)(C)c2cc(N(c3ccccc3)c3ccc(-c4ccc(N(c5ccccc5)c5cccc6ccccc56)cc4)cc3)ccc21. The number of rotatable bonds is 7. The monoisotopic (exact) mass is 634 g/mol. The van der Waals surface area contributed by atoms with E-state index in [1.54, 1.807) is 0 Å². The van der Waals surface area contributed by atoms with Gasteiger partial charge in [-0.1, -0.05) is 131 Å². The summed E-state index contributed by atoms with van der Waals surface area (Å²) in [5.41, 5.74) is 12.6. The summed E-state index contributed by atoms with van der Waals surface area (Å²) in [4.78, 5) is 4.74. The second-order valence-electron chi connectivity index (χ2n) is 14.6. The van der Waals surface area contributed by atoms with Crippen LogP contribution in [0.25, 0.3) is 21.9 Å². The molecule has 0 amide bonds. The van der Waals surface area contributed by atoms with Crippen LogP contribution in [0.15, 0.2) is 170 Å². The summed E-state index contributed by atoms with van der Waals surface area (Å²) in [6, 6.07) is 61.6. The molecule has 1 aliphatic rings. The highest BCUT2D eigenvalue weighted by atomic mass is 15.1. The lowest BCUT2D eigenvalue weighted by molar-refractivity contribution is 0.403.